The molecular formula is C22H27N3OS. The van der Waals surface area contributed by atoms with Gasteiger partial charge in [0.25, 0.3) is 0 Å². The van der Waals surface area contributed by atoms with Crippen LogP contribution in [0.1, 0.15) is 25.8 Å². The molecule has 0 saturated carbocycles. The van der Waals surface area contributed by atoms with E-state index in [2.05, 4.69) is 47.4 Å². The average molecular weight is 382 g/mol. The minimum atomic E-state index is -0.107. The highest BCUT2D eigenvalue weighted by molar-refractivity contribution is 7.26. The van der Waals surface area contributed by atoms with Gasteiger partial charge in [0, 0.05) is 52.4 Å². The van der Waals surface area contributed by atoms with E-state index in [9.17, 15) is 4.79 Å². The molecule has 0 bridgehead atoms. The largest absolute Gasteiger partial charge is 0.342 e. The minimum Gasteiger partial charge on any atom is -0.342 e. The van der Waals surface area contributed by atoms with Crippen molar-refractivity contribution in [1.29, 1.82) is 0 Å². The van der Waals surface area contributed by atoms with Gasteiger partial charge in [-0.05, 0) is 31.9 Å². The van der Waals surface area contributed by atoms with Gasteiger partial charge in [-0.1, -0.05) is 36.4 Å². The molecule has 2 heterocycles. The van der Waals surface area contributed by atoms with Crippen LogP contribution in [-0.2, 0) is 11.3 Å². The van der Waals surface area contributed by atoms with Crippen LogP contribution >= 0.6 is 11.3 Å². The Kier molecular flexibility index (Phi) is 5.17. The molecule has 0 aliphatic carbocycles. The molecule has 1 amide bonds. The summed E-state index contributed by atoms with van der Waals surface area (Å²) in [7, 11) is 0. The first kappa shape index (κ1) is 18.4. The Hall–Kier alpha value is -1.95. The van der Waals surface area contributed by atoms with Crippen molar-refractivity contribution in [3.8, 4) is 0 Å². The number of rotatable bonds is 5. The van der Waals surface area contributed by atoms with E-state index in [-0.39, 0.29) is 18.0 Å². The molecule has 1 aromatic heterocycles. The first-order chi connectivity index (χ1) is 13.1. The summed E-state index contributed by atoms with van der Waals surface area (Å²) in [6.07, 6.45) is 0.748. The molecule has 1 saturated heterocycles. The molecule has 1 aliphatic rings. The highest BCUT2D eigenvalue weighted by Gasteiger charge is 2.37. The van der Waals surface area contributed by atoms with Gasteiger partial charge in [0.1, 0.15) is 0 Å². The lowest BCUT2D eigenvalue weighted by atomic mass is 10.1. The Morgan fingerprint density at radius 2 is 1.89 bits per heavy atom. The normalized spacial score (nSPS) is 20.6. The second-order valence-corrected chi connectivity index (χ2v) is 8.40. The molecule has 2 atom stereocenters. The number of carbonyl (C=O) groups is 1. The van der Waals surface area contributed by atoms with Gasteiger partial charge in [0.05, 0.1) is 6.04 Å². The maximum Gasteiger partial charge on any atom is 0.239 e. The summed E-state index contributed by atoms with van der Waals surface area (Å²) in [5.41, 5.74) is 7.55. The fourth-order valence-electron chi connectivity index (χ4n) is 4.27. The molecule has 1 fully saturated rings. The van der Waals surface area contributed by atoms with E-state index < -0.39 is 0 Å². The molecule has 0 spiro atoms. The summed E-state index contributed by atoms with van der Waals surface area (Å²) in [6.45, 7) is 7.13. The minimum absolute atomic E-state index is 0.0659. The van der Waals surface area contributed by atoms with Crippen molar-refractivity contribution >= 4 is 37.4 Å². The fourth-order valence-corrected chi connectivity index (χ4v) is 5.47. The fraction of sp³-hybridized carbons (Fsp3) is 0.409. The lowest BCUT2D eigenvalue weighted by Crippen LogP contribution is -2.45. The summed E-state index contributed by atoms with van der Waals surface area (Å²) in [4.78, 5) is 17.2. The number of benzene rings is 2. The summed E-state index contributed by atoms with van der Waals surface area (Å²) >= 11 is 1.84. The van der Waals surface area contributed by atoms with Gasteiger partial charge in [-0.25, -0.2) is 0 Å². The van der Waals surface area contributed by atoms with Crippen LogP contribution in [0.4, 0.5) is 0 Å². The zero-order chi connectivity index (χ0) is 19.0. The van der Waals surface area contributed by atoms with Crippen LogP contribution in [0.15, 0.2) is 42.5 Å². The van der Waals surface area contributed by atoms with Crippen molar-refractivity contribution in [1.82, 2.24) is 9.80 Å². The van der Waals surface area contributed by atoms with Gasteiger partial charge in [-0.15, -0.1) is 11.3 Å². The van der Waals surface area contributed by atoms with Crippen molar-refractivity contribution in [3.05, 3.63) is 48.0 Å². The third-order valence-corrected chi connectivity index (χ3v) is 6.92. The topological polar surface area (TPSA) is 49.6 Å². The first-order valence-electron chi connectivity index (χ1n) is 9.79. The van der Waals surface area contributed by atoms with E-state index in [0.717, 1.165) is 32.6 Å². The van der Waals surface area contributed by atoms with Gasteiger partial charge >= 0.3 is 0 Å². The molecule has 4 nitrogen and oxygen atoms in total. The van der Waals surface area contributed by atoms with Crippen molar-refractivity contribution in [2.24, 2.45) is 5.73 Å². The van der Waals surface area contributed by atoms with E-state index in [1.165, 1.54) is 25.7 Å². The summed E-state index contributed by atoms with van der Waals surface area (Å²) in [6, 6.07) is 15.1. The highest BCUT2D eigenvalue weighted by Crippen LogP contribution is 2.36. The Morgan fingerprint density at radius 1 is 1.15 bits per heavy atom. The van der Waals surface area contributed by atoms with Crippen molar-refractivity contribution in [2.75, 3.05) is 19.6 Å². The molecule has 0 unspecified atom stereocenters. The lowest BCUT2D eigenvalue weighted by Gasteiger charge is -2.29. The van der Waals surface area contributed by atoms with Crippen LogP contribution in [0, 0.1) is 0 Å². The van der Waals surface area contributed by atoms with E-state index in [1.54, 1.807) is 0 Å². The first-order valence-corrected chi connectivity index (χ1v) is 10.6. The molecule has 3 aromatic rings. The molecule has 4 rings (SSSR count). The third-order valence-electron chi connectivity index (χ3n) is 5.66. The number of amides is 1. The number of nitrogens with two attached hydrogens (primary N) is 1. The molecule has 5 heteroatoms. The Labute approximate surface area is 164 Å². The van der Waals surface area contributed by atoms with Gasteiger partial charge in [0.15, 0.2) is 0 Å². The molecular weight excluding hydrogens is 354 g/mol. The summed E-state index contributed by atoms with van der Waals surface area (Å²) in [5.74, 6) is 0.219. The number of hydrogen-bond acceptors (Lipinski definition) is 4. The van der Waals surface area contributed by atoms with Gasteiger partial charge in [0.2, 0.25) is 5.91 Å². The van der Waals surface area contributed by atoms with Crippen LogP contribution < -0.4 is 5.73 Å². The molecule has 2 N–H and O–H groups in total. The number of likely N-dealkylation sites (tertiary alicyclic amines) is 1. The van der Waals surface area contributed by atoms with Crippen LogP contribution in [0.2, 0.25) is 0 Å². The molecule has 142 valence electrons. The quantitative estimate of drug-likeness (QED) is 0.731. The second kappa shape index (κ2) is 7.58. The Bertz CT molecular complexity index is 963. The van der Waals surface area contributed by atoms with Gasteiger partial charge in [-0.3, -0.25) is 9.69 Å². The van der Waals surface area contributed by atoms with Crippen molar-refractivity contribution < 1.29 is 4.79 Å². The number of fused-ring (bicyclic) bond motifs is 3. The highest BCUT2D eigenvalue weighted by atomic mass is 32.1. The van der Waals surface area contributed by atoms with Crippen LogP contribution in [0.25, 0.3) is 20.2 Å². The van der Waals surface area contributed by atoms with Crippen molar-refractivity contribution in [2.45, 2.75) is 38.9 Å². The smallest absolute Gasteiger partial charge is 0.239 e. The van der Waals surface area contributed by atoms with Gasteiger partial charge in [-0.2, -0.15) is 0 Å². The maximum absolute atomic E-state index is 13.0. The zero-order valence-corrected chi connectivity index (χ0v) is 16.8. The van der Waals surface area contributed by atoms with E-state index in [1.807, 2.05) is 30.1 Å². The predicted octanol–water partition coefficient (Wildman–Crippen LogP) is 3.82. The zero-order valence-electron chi connectivity index (χ0n) is 16.0. The van der Waals surface area contributed by atoms with Crippen LogP contribution in [0.5, 0.6) is 0 Å². The Morgan fingerprint density at radius 3 is 2.67 bits per heavy atom. The second-order valence-electron chi connectivity index (χ2n) is 7.34. The Balaban J connectivity index is 1.67. The van der Waals surface area contributed by atoms with E-state index >= 15 is 0 Å². The predicted molar refractivity (Wildman–Crippen MR) is 114 cm³/mol. The van der Waals surface area contributed by atoms with Crippen molar-refractivity contribution in [3.63, 3.8) is 0 Å². The van der Waals surface area contributed by atoms with E-state index in [4.69, 9.17) is 5.73 Å². The number of nitrogens with zero attached hydrogens (tertiary/aromatic N) is 2. The average Bonchev–Trinajstić information content (AvgIpc) is 3.23. The van der Waals surface area contributed by atoms with Gasteiger partial charge < -0.3 is 10.6 Å². The molecule has 1 aliphatic heterocycles. The standard InChI is InChI=1S/C22H27N3OS/c1-3-24(4-2)22(26)19-12-16(23)14-25(19)13-15-8-7-10-18-17-9-5-6-11-20(17)27-21(15)18/h5-11,16,19H,3-4,12-14,23H2,1-2H3/t16-,19+/m1/s1. The maximum atomic E-state index is 13.0. The number of hydrogen-bond donors (Lipinski definition) is 1. The molecule has 2 aromatic carbocycles. The SMILES string of the molecule is CCN(CC)C(=O)[C@@H]1C[C@@H](N)CN1Cc1cccc2c1sc1ccccc12. The summed E-state index contributed by atoms with van der Waals surface area (Å²) in [5, 5.41) is 2.62. The molecule has 0 radical (unpaired) electrons. The number of thiophene rings is 1. The monoisotopic (exact) mass is 381 g/mol. The third kappa shape index (κ3) is 3.35. The van der Waals surface area contributed by atoms with E-state index in [0.29, 0.717) is 0 Å². The van der Waals surface area contributed by atoms with Crippen LogP contribution in [0.3, 0.4) is 0 Å². The lowest BCUT2D eigenvalue weighted by molar-refractivity contribution is -0.135. The number of carbonyl (C=O) groups excluding carboxylic acids is 1. The van der Waals surface area contributed by atoms with Crippen LogP contribution in [-0.4, -0.2) is 47.4 Å². The number of likely N-dealkylation sites (N-methyl/N-ethyl adjacent to an activating group) is 1. The molecule has 27 heavy (non-hydrogen) atoms. The summed E-state index contributed by atoms with van der Waals surface area (Å²) < 4.78 is 2.64.